The van der Waals surface area contributed by atoms with Crippen LogP contribution in [0.5, 0.6) is 5.75 Å². The number of benzene rings is 2. The van der Waals surface area contributed by atoms with Crippen LogP contribution in [0.3, 0.4) is 0 Å². The van der Waals surface area contributed by atoms with Gasteiger partial charge in [0.15, 0.2) is 12.7 Å². The smallest absolute Gasteiger partial charge is 0.347 e. The number of amides is 1. The first-order valence-corrected chi connectivity index (χ1v) is 7.54. The summed E-state index contributed by atoms with van der Waals surface area (Å²) in [5, 5.41) is 2.55. The van der Waals surface area contributed by atoms with Gasteiger partial charge < -0.3 is 14.8 Å². The Morgan fingerprint density at radius 1 is 1.00 bits per heavy atom. The molecule has 0 aromatic heterocycles. The van der Waals surface area contributed by atoms with Crippen molar-refractivity contribution in [3.8, 4) is 5.75 Å². The van der Waals surface area contributed by atoms with E-state index in [2.05, 4.69) is 5.32 Å². The van der Waals surface area contributed by atoms with Crippen LogP contribution < -0.4 is 10.1 Å². The molecule has 1 atom stereocenters. The number of carbonyl (C=O) groups excluding carboxylic acids is 2. The quantitative estimate of drug-likeness (QED) is 0.781. The van der Waals surface area contributed by atoms with Crippen LogP contribution in [0.1, 0.15) is 12.5 Å². The van der Waals surface area contributed by atoms with Gasteiger partial charge in [-0.2, -0.15) is 0 Å². The van der Waals surface area contributed by atoms with E-state index >= 15 is 0 Å². The van der Waals surface area contributed by atoms with Crippen LogP contribution >= 0.6 is 0 Å². The van der Waals surface area contributed by atoms with Crippen molar-refractivity contribution in [2.75, 3.05) is 6.61 Å². The maximum Gasteiger partial charge on any atom is 0.347 e. The molecule has 0 radical (unpaired) electrons. The highest BCUT2D eigenvalue weighted by atomic mass is 19.1. The number of hydrogen-bond donors (Lipinski definition) is 1. The molecule has 0 unspecified atom stereocenters. The van der Waals surface area contributed by atoms with Crippen LogP contribution in [-0.4, -0.2) is 24.6 Å². The van der Waals surface area contributed by atoms with E-state index in [1.807, 2.05) is 0 Å². The molecule has 0 spiro atoms. The molecule has 0 saturated carbocycles. The van der Waals surface area contributed by atoms with Crippen LogP contribution in [0.4, 0.5) is 8.78 Å². The maximum atomic E-state index is 12.8. The van der Waals surface area contributed by atoms with Crippen molar-refractivity contribution >= 4 is 11.9 Å². The van der Waals surface area contributed by atoms with Crippen molar-refractivity contribution in [3.05, 3.63) is 65.7 Å². The molecule has 0 bridgehead atoms. The lowest BCUT2D eigenvalue weighted by Gasteiger charge is -2.14. The third kappa shape index (κ3) is 6.21. The molecule has 0 heterocycles. The van der Waals surface area contributed by atoms with Gasteiger partial charge in [-0.25, -0.2) is 13.6 Å². The van der Waals surface area contributed by atoms with Crippen molar-refractivity contribution in [2.45, 2.75) is 19.6 Å². The molecule has 2 aromatic carbocycles. The Kier molecular flexibility index (Phi) is 6.45. The summed E-state index contributed by atoms with van der Waals surface area (Å²) < 4.78 is 35.7. The van der Waals surface area contributed by atoms with Gasteiger partial charge in [-0.3, -0.25) is 4.79 Å². The number of esters is 1. The number of rotatable bonds is 7. The minimum Gasteiger partial charge on any atom is -0.479 e. The summed E-state index contributed by atoms with van der Waals surface area (Å²) in [6.45, 7) is 1.19. The highest BCUT2D eigenvalue weighted by molar-refractivity contribution is 5.81. The Morgan fingerprint density at radius 2 is 1.56 bits per heavy atom. The summed E-state index contributed by atoms with van der Waals surface area (Å²) in [4.78, 5) is 23.4. The Bertz CT molecular complexity index is 717. The van der Waals surface area contributed by atoms with E-state index in [0.717, 1.165) is 0 Å². The zero-order valence-electron chi connectivity index (χ0n) is 13.5. The average molecular weight is 349 g/mol. The van der Waals surface area contributed by atoms with Crippen LogP contribution in [0, 0.1) is 11.6 Å². The summed E-state index contributed by atoms with van der Waals surface area (Å²) in [6.07, 6.45) is -0.949. The van der Waals surface area contributed by atoms with Gasteiger partial charge in [0.1, 0.15) is 17.4 Å². The van der Waals surface area contributed by atoms with Gasteiger partial charge in [0.25, 0.3) is 5.91 Å². The van der Waals surface area contributed by atoms with Crippen LogP contribution in [0.2, 0.25) is 0 Å². The summed E-state index contributed by atoms with van der Waals surface area (Å²) >= 11 is 0. The molecule has 7 heteroatoms. The first kappa shape index (κ1) is 18.4. The lowest BCUT2D eigenvalue weighted by Crippen LogP contribution is -2.32. The van der Waals surface area contributed by atoms with E-state index < -0.39 is 30.4 Å². The number of ether oxygens (including phenoxy) is 2. The number of hydrogen-bond acceptors (Lipinski definition) is 4. The molecule has 2 aromatic rings. The van der Waals surface area contributed by atoms with Crippen molar-refractivity contribution in [1.82, 2.24) is 5.32 Å². The third-order valence-corrected chi connectivity index (χ3v) is 3.21. The van der Waals surface area contributed by atoms with E-state index in [4.69, 9.17) is 9.47 Å². The zero-order valence-corrected chi connectivity index (χ0v) is 13.5. The second-order valence-corrected chi connectivity index (χ2v) is 5.22. The fourth-order valence-electron chi connectivity index (χ4n) is 1.87. The standard InChI is InChI=1S/C18H17F2NO4/c1-12(25-16-8-6-15(20)7-9-16)18(23)24-11-17(22)21-10-13-2-4-14(19)5-3-13/h2-9,12H,10-11H2,1H3,(H,21,22)/t12-/m0/s1. The molecule has 0 saturated heterocycles. The lowest BCUT2D eigenvalue weighted by molar-refractivity contribution is -0.154. The maximum absolute atomic E-state index is 12.8. The predicted octanol–water partition coefficient (Wildman–Crippen LogP) is 2.59. The molecule has 1 N–H and O–H groups in total. The molecule has 5 nitrogen and oxygen atoms in total. The minimum absolute atomic E-state index is 0.193. The number of carbonyl (C=O) groups is 2. The van der Waals surface area contributed by atoms with E-state index in [9.17, 15) is 18.4 Å². The first-order chi connectivity index (χ1) is 11.9. The summed E-state index contributed by atoms with van der Waals surface area (Å²) in [7, 11) is 0. The third-order valence-electron chi connectivity index (χ3n) is 3.21. The van der Waals surface area contributed by atoms with Crippen molar-refractivity contribution in [2.24, 2.45) is 0 Å². The Hall–Kier alpha value is -2.96. The van der Waals surface area contributed by atoms with E-state index in [-0.39, 0.29) is 12.4 Å². The highest BCUT2D eigenvalue weighted by Gasteiger charge is 2.17. The molecule has 2 rings (SSSR count). The molecule has 0 fully saturated rings. The van der Waals surface area contributed by atoms with Crippen molar-refractivity contribution in [3.63, 3.8) is 0 Å². The largest absolute Gasteiger partial charge is 0.479 e. The molecule has 0 aliphatic heterocycles. The summed E-state index contributed by atoms with van der Waals surface area (Å²) in [6, 6.07) is 10.8. The lowest BCUT2D eigenvalue weighted by atomic mass is 10.2. The Balaban J connectivity index is 1.71. The molecule has 0 aliphatic rings. The normalized spacial score (nSPS) is 11.5. The minimum atomic E-state index is -0.949. The molecular formula is C18H17F2NO4. The van der Waals surface area contributed by atoms with E-state index in [1.165, 1.54) is 43.3 Å². The summed E-state index contributed by atoms with van der Waals surface area (Å²) in [5.74, 6) is -1.68. The van der Waals surface area contributed by atoms with Crippen molar-refractivity contribution < 1.29 is 27.8 Å². The number of nitrogens with one attached hydrogen (secondary N) is 1. The zero-order chi connectivity index (χ0) is 18.2. The molecule has 132 valence electrons. The number of halogens is 2. The van der Waals surface area contributed by atoms with Gasteiger partial charge >= 0.3 is 5.97 Å². The van der Waals surface area contributed by atoms with Gasteiger partial charge in [-0.15, -0.1) is 0 Å². The molecular weight excluding hydrogens is 332 g/mol. The summed E-state index contributed by atoms with van der Waals surface area (Å²) in [5.41, 5.74) is 0.717. The molecule has 0 aliphatic carbocycles. The monoisotopic (exact) mass is 349 g/mol. The average Bonchev–Trinajstić information content (AvgIpc) is 2.61. The fraction of sp³-hybridized carbons (Fsp3) is 0.222. The van der Waals surface area contributed by atoms with Gasteiger partial charge in [0, 0.05) is 6.54 Å². The van der Waals surface area contributed by atoms with Gasteiger partial charge in [-0.1, -0.05) is 12.1 Å². The van der Waals surface area contributed by atoms with Crippen LogP contribution in [-0.2, 0) is 20.9 Å². The van der Waals surface area contributed by atoms with E-state index in [1.54, 1.807) is 12.1 Å². The van der Waals surface area contributed by atoms with Gasteiger partial charge in [-0.05, 0) is 48.9 Å². The SMILES string of the molecule is C[C@H](Oc1ccc(F)cc1)C(=O)OCC(=O)NCc1ccc(F)cc1. The topological polar surface area (TPSA) is 64.6 Å². The van der Waals surface area contributed by atoms with Crippen molar-refractivity contribution in [1.29, 1.82) is 0 Å². The van der Waals surface area contributed by atoms with Crippen LogP contribution in [0.25, 0.3) is 0 Å². The Morgan fingerprint density at radius 3 is 2.16 bits per heavy atom. The molecule has 25 heavy (non-hydrogen) atoms. The van der Waals surface area contributed by atoms with Gasteiger partial charge in [0.05, 0.1) is 0 Å². The van der Waals surface area contributed by atoms with Gasteiger partial charge in [0.2, 0.25) is 0 Å². The Labute approximate surface area is 143 Å². The first-order valence-electron chi connectivity index (χ1n) is 7.54. The molecule has 1 amide bonds. The van der Waals surface area contributed by atoms with Crippen LogP contribution in [0.15, 0.2) is 48.5 Å². The fourth-order valence-corrected chi connectivity index (χ4v) is 1.87. The predicted molar refractivity (Wildman–Crippen MR) is 85.7 cm³/mol. The second-order valence-electron chi connectivity index (χ2n) is 5.22. The highest BCUT2D eigenvalue weighted by Crippen LogP contribution is 2.13. The second kappa shape index (κ2) is 8.77. The van der Waals surface area contributed by atoms with E-state index in [0.29, 0.717) is 11.3 Å².